The fourth-order valence-corrected chi connectivity index (χ4v) is 1.16. The number of halogens is 2. The molecule has 0 spiro atoms. The van der Waals surface area contributed by atoms with E-state index in [-0.39, 0.29) is 24.2 Å². The van der Waals surface area contributed by atoms with Crippen LogP contribution in [0, 0.1) is 11.6 Å². The smallest absolute Gasteiger partial charge is 0.303 e. The van der Waals surface area contributed by atoms with Gasteiger partial charge in [-0.3, -0.25) is 4.79 Å². The van der Waals surface area contributed by atoms with Gasteiger partial charge in [0.2, 0.25) is 0 Å². The van der Waals surface area contributed by atoms with Crippen molar-refractivity contribution in [1.29, 1.82) is 0 Å². The summed E-state index contributed by atoms with van der Waals surface area (Å²) in [5, 5.41) is 8.41. The molecule has 1 N–H and O–H groups in total. The quantitative estimate of drug-likeness (QED) is 0.837. The van der Waals surface area contributed by atoms with E-state index in [1.54, 1.807) is 0 Å². The zero-order chi connectivity index (χ0) is 11.4. The van der Waals surface area contributed by atoms with Crippen molar-refractivity contribution in [2.75, 3.05) is 7.11 Å². The van der Waals surface area contributed by atoms with Crippen LogP contribution in [0.1, 0.15) is 12.0 Å². The van der Waals surface area contributed by atoms with Gasteiger partial charge >= 0.3 is 5.97 Å². The Labute approximate surface area is 85.3 Å². The fraction of sp³-hybridized carbons (Fsp3) is 0.300. The van der Waals surface area contributed by atoms with E-state index in [9.17, 15) is 13.6 Å². The van der Waals surface area contributed by atoms with E-state index in [4.69, 9.17) is 9.84 Å². The van der Waals surface area contributed by atoms with Crippen LogP contribution in [0.4, 0.5) is 8.78 Å². The number of aryl methyl sites for hydroxylation is 1. The van der Waals surface area contributed by atoms with E-state index in [2.05, 4.69) is 0 Å². The van der Waals surface area contributed by atoms with Gasteiger partial charge in [0, 0.05) is 12.5 Å². The number of hydrogen-bond acceptors (Lipinski definition) is 2. The molecule has 0 aliphatic carbocycles. The van der Waals surface area contributed by atoms with Crippen LogP contribution in [-0.2, 0) is 11.2 Å². The zero-order valence-corrected chi connectivity index (χ0v) is 8.09. The molecule has 1 aromatic carbocycles. The minimum absolute atomic E-state index is 0.00856. The minimum Gasteiger partial charge on any atom is -0.497 e. The normalized spacial score (nSPS) is 10.1. The predicted octanol–water partition coefficient (Wildman–Crippen LogP) is 1.99. The summed E-state index contributed by atoms with van der Waals surface area (Å²) in [4.78, 5) is 10.3. The molecule has 15 heavy (non-hydrogen) atoms. The Bertz CT molecular complexity index is 377. The number of benzene rings is 1. The average Bonchev–Trinajstić information content (AvgIpc) is 2.19. The molecule has 0 aliphatic rings. The second-order valence-electron chi connectivity index (χ2n) is 2.98. The Balaban J connectivity index is 2.94. The zero-order valence-electron chi connectivity index (χ0n) is 8.09. The molecule has 0 saturated heterocycles. The summed E-state index contributed by atoms with van der Waals surface area (Å²) < 4.78 is 30.8. The first-order valence-corrected chi connectivity index (χ1v) is 4.28. The van der Waals surface area contributed by atoms with E-state index in [1.807, 2.05) is 0 Å². The van der Waals surface area contributed by atoms with Gasteiger partial charge in [-0.05, 0) is 18.1 Å². The number of rotatable bonds is 4. The fourth-order valence-electron chi connectivity index (χ4n) is 1.16. The van der Waals surface area contributed by atoms with Gasteiger partial charge in [0.15, 0.2) is 11.6 Å². The van der Waals surface area contributed by atoms with E-state index >= 15 is 0 Å². The molecule has 0 unspecified atom stereocenters. The van der Waals surface area contributed by atoms with E-state index in [0.717, 1.165) is 6.07 Å². The molecule has 0 fully saturated rings. The van der Waals surface area contributed by atoms with Gasteiger partial charge in [0.25, 0.3) is 0 Å². The maximum Gasteiger partial charge on any atom is 0.303 e. The minimum atomic E-state index is -1.06. The van der Waals surface area contributed by atoms with Crippen molar-refractivity contribution in [3.8, 4) is 5.75 Å². The Morgan fingerprint density at radius 1 is 1.47 bits per heavy atom. The third-order valence-corrected chi connectivity index (χ3v) is 1.92. The van der Waals surface area contributed by atoms with E-state index in [1.165, 1.54) is 13.2 Å². The maximum atomic E-state index is 13.1. The summed E-state index contributed by atoms with van der Waals surface area (Å²) in [6.07, 6.45) is -0.307. The monoisotopic (exact) mass is 216 g/mol. The lowest BCUT2D eigenvalue weighted by atomic mass is 10.1. The van der Waals surface area contributed by atoms with Crippen molar-refractivity contribution in [3.63, 3.8) is 0 Å². The number of carboxylic acids is 1. The number of carbonyl (C=O) groups is 1. The van der Waals surface area contributed by atoms with Crippen LogP contribution in [0.15, 0.2) is 12.1 Å². The highest BCUT2D eigenvalue weighted by Crippen LogP contribution is 2.21. The van der Waals surface area contributed by atoms with E-state index < -0.39 is 17.6 Å². The molecule has 1 aromatic rings. The molecule has 0 saturated carbocycles. The molecule has 3 nitrogen and oxygen atoms in total. The van der Waals surface area contributed by atoms with Gasteiger partial charge in [-0.2, -0.15) is 0 Å². The van der Waals surface area contributed by atoms with Crippen LogP contribution in [0.2, 0.25) is 0 Å². The van der Waals surface area contributed by atoms with Crippen molar-refractivity contribution in [3.05, 3.63) is 29.3 Å². The molecular formula is C10H10F2O3. The van der Waals surface area contributed by atoms with E-state index in [0.29, 0.717) is 0 Å². The predicted molar refractivity (Wildman–Crippen MR) is 48.9 cm³/mol. The molecule has 0 bridgehead atoms. The molecule has 0 aromatic heterocycles. The Morgan fingerprint density at radius 3 is 2.67 bits per heavy atom. The number of aliphatic carboxylic acids is 1. The number of ether oxygens (including phenoxy) is 1. The summed E-state index contributed by atoms with van der Waals surface area (Å²) in [6, 6.07) is 2.21. The van der Waals surface area contributed by atoms with Gasteiger partial charge in [-0.1, -0.05) is 0 Å². The summed E-state index contributed by atoms with van der Waals surface area (Å²) in [5.74, 6) is -2.93. The van der Waals surface area contributed by atoms with Gasteiger partial charge in [-0.25, -0.2) is 8.78 Å². The average molecular weight is 216 g/mol. The topological polar surface area (TPSA) is 46.5 Å². The summed E-state index contributed by atoms with van der Waals surface area (Å²) in [6.45, 7) is 0. The van der Waals surface area contributed by atoms with Crippen molar-refractivity contribution < 1.29 is 23.4 Å². The number of carboxylic acid groups (broad SMARTS) is 1. The molecule has 1 rings (SSSR count). The van der Waals surface area contributed by atoms with Gasteiger partial charge in [0.05, 0.1) is 7.11 Å². The molecule has 0 radical (unpaired) electrons. The highest BCUT2D eigenvalue weighted by molar-refractivity contribution is 5.67. The maximum absolute atomic E-state index is 13.1. The van der Waals surface area contributed by atoms with Gasteiger partial charge in [0.1, 0.15) is 5.75 Å². The first-order chi connectivity index (χ1) is 7.04. The Kier molecular flexibility index (Phi) is 3.60. The van der Waals surface area contributed by atoms with Crippen LogP contribution >= 0.6 is 0 Å². The van der Waals surface area contributed by atoms with Crippen molar-refractivity contribution >= 4 is 5.97 Å². The lowest BCUT2D eigenvalue weighted by Crippen LogP contribution is -2.01. The number of hydrogen-bond donors (Lipinski definition) is 1. The third kappa shape index (κ3) is 2.90. The lowest BCUT2D eigenvalue weighted by molar-refractivity contribution is -0.136. The van der Waals surface area contributed by atoms with Crippen molar-refractivity contribution in [2.24, 2.45) is 0 Å². The van der Waals surface area contributed by atoms with Crippen LogP contribution in [0.25, 0.3) is 0 Å². The molecule has 0 amide bonds. The SMILES string of the molecule is COc1cc(F)c(F)c(CCC(=O)O)c1. The first-order valence-electron chi connectivity index (χ1n) is 4.28. The van der Waals surface area contributed by atoms with Crippen LogP contribution in [0.3, 0.4) is 0 Å². The van der Waals surface area contributed by atoms with Gasteiger partial charge in [-0.15, -0.1) is 0 Å². The standard InChI is InChI=1S/C10H10F2O3/c1-15-7-4-6(2-3-9(13)14)10(12)8(11)5-7/h4-5H,2-3H2,1H3,(H,13,14). The highest BCUT2D eigenvalue weighted by Gasteiger charge is 2.12. The Morgan fingerprint density at radius 2 is 2.13 bits per heavy atom. The second kappa shape index (κ2) is 4.72. The molecule has 0 aliphatic heterocycles. The first kappa shape index (κ1) is 11.4. The molecular weight excluding hydrogens is 206 g/mol. The summed E-state index contributed by atoms with van der Waals surface area (Å²) >= 11 is 0. The third-order valence-electron chi connectivity index (χ3n) is 1.92. The van der Waals surface area contributed by atoms with Crippen LogP contribution in [-0.4, -0.2) is 18.2 Å². The summed E-state index contributed by atoms with van der Waals surface area (Å²) in [7, 11) is 1.33. The molecule has 82 valence electrons. The largest absolute Gasteiger partial charge is 0.497 e. The molecule has 0 atom stereocenters. The molecule has 5 heteroatoms. The van der Waals surface area contributed by atoms with Crippen molar-refractivity contribution in [1.82, 2.24) is 0 Å². The van der Waals surface area contributed by atoms with Crippen LogP contribution < -0.4 is 4.74 Å². The highest BCUT2D eigenvalue weighted by atomic mass is 19.2. The van der Waals surface area contributed by atoms with Gasteiger partial charge < -0.3 is 9.84 Å². The summed E-state index contributed by atoms with van der Waals surface area (Å²) in [5.41, 5.74) is 0.00856. The molecule has 0 heterocycles. The lowest BCUT2D eigenvalue weighted by Gasteiger charge is -2.06. The Hall–Kier alpha value is -1.65. The number of methoxy groups -OCH3 is 1. The van der Waals surface area contributed by atoms with Crippen LogP contribution in [0.5, 0.6) is 5.75 Å². The second-order valence-corrected chi connectivity index (χ2v) is 2.98. The van der Waals surface area contributed by atoms with Crippen molar-refractivity contribution in [2.45, 2.75) is 12.8 Å².